The normalized spacial score (nSPS) is 31.8. The van der Waals surface area contributed by atoms with Crippen molar-refractivity contribution in [2.75, 3.05) is 26.0 Å². The molecule has 78 valence electrons. The fourth-order valence-corrected chi connectivity index (χ4v) is 2.74. The van der Waals surface area contributed by atoms with E-state index in [-0.39, 0.29) is 4.75 Å². The van der Waals surface area contributed by atoms with Gasteiger partial charge in [0.25, 0.3) is 0 Å². The van der Waals surface area contributed by atoms with Crippen molar-refractivity contribution in [2.24, 2.45) is 0 Å². The highest BCUT2D eigenvalue weighted by molar-refractivity contribution is 8.00. The summed E-state index contributed by atoms with van der Waals surface area (Å²) in [5.41, 5.74) is 0. The smallest absolute Gasteiger partial charge is 0.0578 e. The number of rotatable bonds is 2. The number of thioether (sulfide) groups is 1. The van der Waals surface area contributed by atoms with Crippen LogP contribution >= 0.6 is 11.8 Å². The summed E-state index contributed by atoms with van der Waals surface area (Å²) in [5.74, 6) is 0. The van der Waals surface area contributed by atoms with Crippen LogP contribution in [0.2, 0.25) is 0 Å². The number of aliphatic hydroxyl groups is 1. The predicted molar refractivity (Wildman–Crippen MR) is 59.3 cm³/mol. The zero-order valence-corrected chi connectivity index (χ0v) is 9.33. The van der Waals surface area contributed by atoms with Crippen molar-refractivity contribution in [3.05, 3.63) is 0 Å². The van der Waals surface area contributed by atoms with E-state index in [4.69, 9.17) is 0 Å². The van der Waals surface area contributed by atoms with Crippen LogP contribution in [-0.4, -0.2) is 35.8 Å². The minimum atomic E-state index is 0.159. The van der Waals surface area contributed by atoms with Crippen molar-refractivity contribution >= 4 is 11.8 Å². The molecule has 0 aromatic carbocycles. The van der Waals surface area contributed by atoms with E-state index in [0.717, 1.165) is 19.5 Å². The monoisotopic (exact) mass is 203 g/mol. The third-order valence-corrected chi connectivity index (χ3v) is 4.35. The zero-order valence-electron chi connectivity index (χ0n) is 8.51. The van der Waals surface area contributed by atoms with Crippen LogP contribution in [0, 0.1) is 0 Å². The van der Waals surface area contributed by atoms with Crippen molar-refractivity contribution in [2.45, 2.75) is 36.9 Å². The van der Waals surface area contributed by atoms with Crippen molar-refractivity contribution in [3.8, 4) is 0 Å². The lowest BCUT2D eigenvalue weighted by molar-refractivity contribution is 0.230. The van der Waals surface area contributed by atoms with Crippen molar-refractivity contribution in [1.82, 2.24) is 5.32 Å². The first-order valence-electron chi connectivity index (χ1n) is 5.20. The van der Waals surface area contributed by atoms with Crippen LogP contribution in [0.3, 0.4) is 0 Å². The third-order valence-electron chi connectivity index (χ3n) is 2.94. The molecule has 1 unspecified atom stereocenters. The third kappa shape index (κ3) is 3.49. The van der Waals surface area contributed by atoms with E-state index in [0.29, 0.717) is 6.61 Å². The van der Waals surface area contributed by atoms with Gasteiger partial charge in [-0.3, -0.25) is 0 Å². The molecular weight excluding hydrogens is 182 g/mol. The molecule has 1 aliphatic rings. The second kappa shape index (κ2) is 5.89. The van der Waals surface area contributed by atoms with E-state index in [1.807, 2.05) is 11.8 Å². The van der Waals surface area contributed by atoms with Gasteiger partial charge in [0.2, 0.25) is 0 Å². The highest BCUT2D eigenvalue weighted by Crippen LogP contribution is 2.33. The second-order valence-corrected chi connectivity index (χ2v) is 5.13. The van der Waals surface area contributed by atoms with Gasteiger partial charge in [-0.15, -0.1) is 0 Å². The summed E-state index contributed by atoms with van der Waals surface area (Å²) in [5, 5.41) is 12.8. The standard InChI is InChI=1S/C10H21NOS/c1-13-10(9-12)5-2-3-7-11-8-4-6-10/h11-12H,2-9H2,1H3. The van der Waals surface area contributed by atoms with Gasteiger partial charge < -0.3 is 10.4 Å². The molecule has 0 aromatic rings. The van der Waals surface area contributed by atoms with E-state index in [1.165, 1.54) is 25.7 Å². The Morgan fingerprint density at radius 3 is 2.62 bits per heavy atom. The van der Waals surface area contributed by atoms with Gasteiger partial charge in [-0.2, -0.15) is 11.8 Å². The molecule has 1 rings (SSSR count). The van der Waals surface area contributed by atoms with Gasteiger partial charge in [-0.05, 0) is 45.0 Å². The van der Waals surface area contributed by atoms with Crippen molar-refractivity contribution < 1.29 is 5.11 Å². The van der Waals surface area contributed by atoms with Crippen LogP contribution in [0.4, 0.5) is 0 Å². The Kier molecular flexibility index (Phi) is 5.14. The largest absolute Gasteiger partial charge is 0.395 e. The van der Waals surface area contributed by atoms with E-state index in [1.54, 1.807) is 0 Å². The summed E-state index contributed by atoms with van der Waals surface area (Å²) in [4.78, 5) is 0. The average molecular weight is 203 g/mol. The Morgan fingerprint density at radius 2 is 1.92 bits per heavy atom. The Balaban J connectivity index is 2.47. The molecular formula is C10H21NOS. The number of nitrogens with one attached hydrogen (secondary N) is 1. The second-order valence-electron chi connectivity index (χ2n) is 3.86. The molecule has 1 heterocycles. The van der Waals surface area contributed by atoms with Crippen LogP contribution in [0.5, 0.6) is 0 Å². The summed E-state index contributed by atoms with van der Waals surface area (Å²) in [6.45, 7) is 2.60. The maximum Gasteiger partial charge on any atom is 0.0578 e. The Morgan fingerprint density at radius 1 is 1.23 bits per heavy atom. The lowest BCUT2D eigenvalue weighted by atomic mass is 9.97. The first-order chi connectivity index (χ1) is 6.33. The molecule has 3 heteroatoms. The molecule has 2 nitrogen and oxygen atoms in total. The van der Waals surface area contributed by atoms with Gasteiger partial charge in [0.1, 0.15) is 0 Å². The van der Waals surface area contributed by atoms with Crippen LogP contribution < -0.4 is 5.32 Å². The Hall–Kier alpha value is 0.270. The van der Waals surface area contributed by atoms with Gasteiger partial charge in [0.15, 0.2) is 0 Å². The quantitative estimate of drug-likeness (QED) is 0.715. The molecule has 0 saturated carbocycles. The molecule has 0 radical (unpaired) electrons. The highest BCUT2D eigenvalue weighted by Gasteiger charge is 2.27. The van der Waals surface area contributed by atoms with E-state index in [2.05, 4.69) is 11.6 Å². The summed E-state index contributed by atoms with van der Waals surface area (Å²) in [6.07, 6.45) is 8.14. The van der Waals surface area contributed by atoms with Crippen LogP contribution in [-0.2, 0) is 0 Å². The van der Waals surface area contributed by atoms with Crippen LogP contribution in [0.15, 0.2) is 0 Å². The van der Waals surface area contributed by atoms with Crippen LogP contribution in [0.1, 0.15) is 32.1 Å². The van der Waals surface area contributed by atoms with E-state index >= 15 is 0 Å². The molecule has 13 heavy (non-hydrogen) atoms. The fourth-order valence-electron chi connectivity index (χ4n) is 1.91. The highest BCUT2D eigenvalue weighted by atomic mass is 32.2. The average Bonchev–Trinajstić information content (AvgIpc) is 2.29. The molecule has 1 fully saturated rings. The van der Waals surface area contributed by atoms with E-state index in [9.17, 15) is 5.11 Å². The molecule has 1 aliphatic heterocycles. The van der Waals surface area contributed by atoms with Gasteiger partial charge in [-0.1, -0.05) is 6.42 Å². The summed E-state index contributed by atoms with van der Waals surface area (Å²) >= 11 is 1.85. The van der Waals surface area contributed by atoms with Gasteiger partial charge in [0.05, 0.1) is 6.61 Å². The van der Waals surface area contributed by atoms with E-state index < -0.39 is 0 Å². The molecule has 0 bridgehead atoms. The number of aliphatic hydroxyl groups excluding tert-OH is 1. The first kappa shape index (κ1) is 11.3. The van der Waals surface area contributed by atoms with Gasteiger partial charge in [-0.25, -0.2) is 0 Å². The Bertz CT molecular complexity index is 125. The number of hydrogen-bond donors (Lipinski definition) is 2. The molecule has 0 aliphatic carbocycles. The lowest BCUT2D eigenvalue weighted by Crippen LogP contribution is -2.29. The molecule has 1 saturated heterocycles. The first-order valence-corrected chi connectivity index (χ1v) is 6.42. The molecule has 0 spiro atoms. The van der Waals surface area contributed by atoms with Gasteiger partial charge in [0, 0.05) is 4.75 Å². The molecule has 1 atom stereocenters. The molecule has 0 amide bonds. The number of hydrogen-bond acceptors (Lipinski definition) is 3. The zero-order chi connectivity index (χ0) is 9.57. The minimum absolute atomic E-state index is 0.159. The topological polar surface area (TPSA) is 32.3 Å². The van der Waals surface area contributed by atoms with Crippen molar-refractivity contribution in [1.29, 1.82) is 0 Å². The SMILES string of the molecule is CSC1(CO)CCCCNCCC1. The fraction of sp³-hybridized carbons (Fsp3) is 1.00. The maximum atomic E-state index is 9.41. The summed E-state index contributed by atoms with van der Waals surface area (Å²) in [6, 6.07) is 0. The van der Waals surface area contributed by atoms with Gasteiger partial charge >= 0.3 is 0 Å². The predicted octanol–water partition coefficient (Wildman–Crippen LogP) is 1.63. The summed E-state index contributed by atoms with van der Waals surface area (Å²) < 4.78 is 0.159. The Labute approximate surface area is 85.5 Å². The van der Waals surface area contributed by atoms with Crippen LogP contribution in [0.25, 0.3) is 0 Å². The summed E-state index contributed by atoms with van der Waals surface area (Å²) in [7, 11) is 0. The molecule has 2 N–H and O–H groups in total. The maximum absolute atomic E-state index is 9.41. The minimum Gasteiger partial charge on any atom is -0.395 e. The lowest BCUT2D eigenvalue weighted by Gasteiger charge is -2.29. The van der Waals surface area contributed by atoms with Crippen molar-refractivity contribution in [3.63, 3.8) is 0 Å². The molecule has 0 aromatic heterocycles.